The van der Waals surface area contributed by atoms with Crippen molar-refractivity contribution in [3.63, 3.8) is 0 Å². The molecule has 1 atom stereocenters. The average molecular weight is 497 g/mol. The van der Waals surface area contributed by atoms with Gasteiger partial charge in [-0.1, -0.05) is 11.6 Å². The zero-order valence-corrected chi connectivity index (χ0v) is 18.7. The van der Waals surface area contributed by atoms with Crippen LogP contribution in [0.15, 0.2) is 24.7 Å². The number of halogens is 4. The van der Waals surface area contributed by atoms with Gasteiger partial charge in [0.1, 0.15) is 29.6 Å². The number of rotatable bonds is 6. The lowest BCUT2D eigenvalue weighted by Crippen LogP contribution is -2.46. The van der Waals surface area contributed by atoms with Crippen LogP contribution in [0.2, 0.25) is 5.02 Å². The number of anilines is 1. The summed E-state index contributed by atoms with van der Waals surface area (Å²) in [5.74, 6) is -1.17. The fraction of sp³-hybridized carbons (Fsp3) is 0.381. The molecule has 4 heterocycles. The Kier molecular flexibility index (Phi) is 6.60. The Morgan fingerprint density at radius 3 is 2.85 bits per heavy atom. The van der Waals surface area contributed by atoms with Gasteiger partial charge in [-0.2, -0.15) is 13.2 Å². The number of H-pyrrole nitrogens is 1. The molecular weight excluding hydrogens is 477 g/mol. The molecule has 180 valence electrons. The van der Waals surface area contributed by atoms with Gasteiger partial charge in [0.15, 0.2) is 5.82 Å². The van der Waals surface area contributed by atoms with Crippen molar-refractivity contribution in [1.82, 2.24) is 25.3 Å². The second-order valence-electron chi connectivity index (χ2n) is 7.59. The van der Waals surface area contributed by atoms with E-state index in [4.69, 9.17) is 16.3 Å². The Bertz CT molecular complexity index is 1230. The third-order valence-corrected chi connectivity index (χ3v) is 5.50. The lowest BCUT2D eigenvalue weighted by molar-refractivity contribution is -0.139. The van der Waals surface area contributed by atoms with Gasteiger partial charge in [-0.05, 0) is 25.8 Å². The van der Waals surface area contributed by atoms with Crippen molar-refractivity contribution in [2.75, 3.05) is 24.6 Å². The van der Waals surface area contributed by atoms with Crippen molar-refractivity contribution in [3.8, 4) is 11.4 Å². The first-order chi connectivity index (χ1) is 16.2. The molecule has 1 aliphatic heterocycles. The SMILES string of the molecule is CCOC(=O)c1cnc(-c2c[nH]c3ncc(Cl)cc23)nc1N1CCC[C@@H]1C(=O)NCC(F)(F)F. The molecule has 0 aliphatic carbocycles. The Morgan fingerprint density at radius 1 is 1.32 bits per heavy atom. The van der Waals surface area contributed by atoms with E-state index in [0.29, 0.717) is 41.0 Å². The second kappa shape index (κ2) is 9.45. The van der Waals surface area contributed by atoms with Crippen LogP contribution in [0.1, 0.15) is 30.1 Å². The fourth-order valence-electron chi connectivity index (χ4n) is 3.84. The lowest BCUT2D eigenvalue weighted by Gasteiger charge is -2.26. The molecule has 1 amide bonds. The minimum absolute atomic E-state index is 0.0112. The Labute approximate surface area is 196 Å². The number of amides is 1. The Morgan fingerprint density at radius 2 is 2.12 bits per heavy atom. The predicted octanol–water partition coefficient (Wildman–Crippen LogP) is 3.50. The fourth-order valence-corrected chi connectivity index (χ4v) is 3.99. The van der Waals surface area contributed by atoms with Gasteiger partial charge < -0.3 is 19.9 Å². The number of carbonyl (C=O) groups is 2. The van der Waals surface area contributed by atoms with Crippen LogP contribution in [0, 0.1) is 0 Å². The highest BCUT2D eigenvalue weighted by molar-refractivity contribution is 6.31. The molecule has 1 aliphatic rings. The number of aromatic amines is 1. The number of pyridine rings is 1. The zero-order valence-electron chi connectivity index (χ0n) is 17.9. The summed E-state index contributed by atoms with van der Waals surface area (Å²) < 4.78 is 43.0. The zero-order chi connectivity index (χ0) is 24.5. The number of hydrogen-bond acceptors (Lipinski definition) is 7. The highest BCUT2D eigenvalue weighted by atomic mass is 35.5. The molecule has 1 fully saturated rings. The maximum Gasteiger partial charge on any atom is 0.405 e. The first kappa shape index (κ1) is 23.7. The van der Waals surface area contributed by atoms with E-state index in [0.717, 1.165) is 0 Å². The van der Waals surface area contributed by atoms with Crippen LogP contribution in [0.4, 0.5) is 19.0 Å². The summed E-state index contributed by atoms with van der Waals surface area (Å²) in [6.07, 6.45) is 0.691. The van der Waals surface area contributed by atoms with Crippen molar-refractivity contribution in [1.29, 1.82) is 0 Å². The van der Waals surface area contributed by atoms with Crippen LogP contribution < -0.4 is 10.2 Å². The molecule has 0 saturated carbocycles. The molecule has 1 saturated heterocycles. The van der Waals surface area contributed by atoms with Crippen molar-refractivity contribution in [2.24, 2.45) is 0 Å². The first-order valence-corrected chi connectivity index (χ1v) is 10.8. The van der Waals surface area contributed by atoms with Gasteiger partial charge in [-0.3, -0.25) is 4.79 Å². The van der Waals surface area contributed by atoms with Crippen molar-refractivity contribution < 1.29 is 27.5 Å². The molecule has 4 rings (SSSR count). The molecule has 0 spiro atoms. The summed E-state index contributed by atoms with van der Waals surface area (Å²) in [6, 6.07) is 0.749. The van der Waals surface area contributed by atoms with Crippen molar-refractivity contribution in [2.45, 2.75) is 32.0 Å². The standard InChI is InChI=1S/C21H20ClF3N6O3/c1-2-34-20(33)14-9-28-17(13-8-27-16-12(13)6-11(22)7-26-16)30-18(14)31-5-3-4-15(31)19(32)29-10-21(23,24)25/h6-9,15H,2-5,10H2,1H3,(H,26,27)(H,29,32)/t15-/m1/s1. The first-order valence-electron chi connectivity index (χ1n) is 10.5. The topological polar surface area (TPSA) is 113 Å². The monoisotopic (exact) mass is 496 g/mol. The number of fused-ring (bicyclic) bond motifs is 1. The highest BCUT2D eigenvalue weighted by Crippen LogP contribution is 2.32. The molecule has 3 aromatic heterocycles. The number of esters is 1. The normalized spacial score (nSPS) is 16.1. The van der Waals surface area contributed by atoms with Gasteiger partial charge >= 0.3 is 12.1 Å². The number of ether oxygens (including phenoxy) is 1. The number of nitrogens with one attached hydrogen (secondary N) is 2. The maximum absolute atomic E-state index is 12.6. The van der Waals surface area contributed by atoms with E-state index in [1.807, 2.05) is 5.32 Å². The van der Waals surface area contributed by atoms with E-state index in [2.05, 4.69) is 19.9 Å². The van der Waals surface area contributed by atoms with Gasteiger partial charge in [-0.25, -0.2) is 19.7 Å². The van der Waals surface area contributed by atoms with Crippen LogP contribution in [-0.4, -0.2) is 63.7 Å². The quantitative estimate of drug-likeness (QED) is 0.502. The van der Waals surface area contributed by atoms with Gasteiger partial charge in [0.2, 0.25) is 5.91 Å². The summed E-state index contributed by atoms with van der Waals surface area (Å²) in [6.45, 7) is 0.605. The van der Waals surface area contributed by atoms with Crippen molar-refractivity contribution in [3.05, 3.63) is 35.2 Å². The van der Waals surface area contributed by atoms with Crippen LogP contribution in [0.3, 0.4) is 0 Å². The molecule has 34 heavy (non-hydrogen) atoms. The third kappa shape index (κ3) is 4.91. The summed E-state index contributed by atoms with van der Waals surface area (Å²) >= 11 is 6.08. The average Bonchev–Trinajstić information content (AvgIpc) is 3.44. The summed E-state index contributed by atoms with van der Waals surface area (Å²) in [5.41, 5.74) is 1.11. The van der Waals surface area contributed by atoms with E-state index in [9.17, 15) is 22.8 Å². The van der Waals surface area contributed by atoms with E-state index in [1.54, 1.807) is 19.2 Å². The number of nitrogens with zero attached hydrogens (tertiary/aromatic N) is 4. The van der Waals surface area contributed by atoms with E-state index < -0.39 is 30.6 Å². The van der Waals surface area contributed by atoms with Gasteiger partial charge in [0.25, 0.3) is 0 Å². The number of hydrogen-bond donors (Lipinski definition) is 2. The minimum atomic E-state index is -4.54. The van der Waals surface area contributed by atoms with Gasteiger partial charge in [0, 0.05) is 36.1 Å². The molecule has 2 N–H and O–H groups in total. The molecule has 13 heteroatoms. The summed E-state index contributed by atoms with van der Waals surface area (Å²) in [7, 11) is 0. The Balaban J connectivity index is 1.75. The lowest BCUT2D eigenvalue weighted by atomic mass is 10.1. The number of carbonyl (C=O) groups excluding carboxylic acids is 2. The highest BCUT2D eigenvalue weighted by Gasteiger charge is 2.37. The molecule has 0 radical (unpaired) electrons. The van der Waals surface area contributed by atoms with Crippen LogP contribution in [0.25, 0.3) is 22.4 Å². The summed E-state index contributed by atoms with van der Waals surface area (Å²) in [4.78, 5) is 42.7. The second-order valence-corrected chi connectivity index (χ2v) is 8.02. The molecule has 9 nitrogen and oxygen atoms in total. The van der Waals surface area contributed by atoms with E-state index >= 15 is 0 Å². The maximum atomic E-state index is 12.6. The smallest absolute Gasteiger partial charge is 0.405 e. The number of alkyl halides is 3. The third-order valence-electron chi connectivity index (χ3n) is 5.29. The van der Waals surface area contributed by atoms with Crippen LogP contribution in [-0.2, 0) is 9.53 Å². The van der Waals surface area contributed by atoms with Crippen molar-refractivity contribution >= 4 is 40.3 Å². The minimum Gasteiger partial charge on any atom is -0.462 e. The molecule has 0 aromatic carbocycles. The van der Waals surface area contributed by atoms with E-state index in [1.165, 1.54) is 17.3 Å². The largest absolute Gasteiger partial charge is 0.462 e. The predicted molar refractivity (Wildman–Crippen MR) is 118 cm³/mol. The van der Waals surface area contributed by atoms with Gasteiger partial charge in [0.05, 0.1) is 11.6 Å². The van der Waals surface area contributed by atoms with Crippen LogP contribution >= 0.6 is 11.6 Å². The van der Waals surface area contributed by atoms with Gasteiger partial charge in [-0.15, -0.1) is 0 Å². The van der Waals surface area contributed by atoms with E-state index in [-0.39, 0.29) is 23.8 Å². The van der Waals surface area contributed by atoms with Crippen LogP contribution in [0.5, 0.6) is 0 Å². The Hall–Kier alpha value is -3.41. The molecule has 3 aromatic rings. The molecule has 0 unspecified atom stereocenters. The molecule has 0 bridgehead atoms. The summed E-state index contributed by atoms with van der Waals surface area (Å²) in [5, 5.41) is 2.96. The molecular formula is C21H20ClF3N6O3. The number of aromatic nitrogens is 4.